The number of hydrogen-bond acceptors (Lipinski definition) is 6. The van der Waals surface area contributed by atoms with Crippen molar-refractivity contribution >= 4 is 60.4 Å². The first kappa shape index (κ1) is 23.9. The summed E-state index contributed by atoms with van der Waals surface area (Å²) in [6.45, 7) is 1.51. The highest BCUT2D eigenvalue weighted by Crippen LogP contribution is 2.79. The molecule has 2 heterocycles. The highest BCUT2D eigenvalue weighted by molar-refractivity contribution is 9.10. The van der Waals surface area contributed by atoms with Gasteiger partial charge in [-0.15, -0.1) is 0 Å². The van der Waals surface area contributed by atoms with Crippen molar-refractivity contribution in [3.63, 3.8) is 0 Å². The van der Waals surface area contributed by atoms with Crippen LogP contribution in [0.15, 0.2) is 84.9 Å². The normalized spacial score (nSPS) is 23.7. The second-order valence-corrected chi connectivity index (χ2v) is 11.1. The van der Waals surface area contributed by atoms with E-state index in [9.17, 15) is 23.6 Å². The highest BCUT2D eigenvalue weighted by atomic mass is 79.9. The van der Waals surface area contributed by atoms with Crippen molar-refractivity contribution in [2.75, 3.05) is 0 Å². The Kier molecular flexibility index (Phi) is 5.20. The lowest BCUT2D eigenvalue weighted by Gasteiger charge is -2.22. The summed E-state index contributed by atoms with van der Waals surface area (Å²) in [4.78, 5) is 54.8. The molecule has 1 aliphatic heterocycles. The summed E-state index contributed by atoms with van der Waals surface area (Å²) in [6.07, 6.45) is 0. The zero-order chi connectivity index (χ0) is 26.3. The molecule has 2 aliphatic rings. The van der Waals surface area contributed by atoms with Crippen molar-refractivity contribution < 1.29 is 27.9 Å². The van der Waals surface area contributed by atoms with Crippen LogP contribution < -0.4 is 10.4 Å². The standard InChI is InChI=1S/C28H15Br2FO6/c1-27(23(32)13-2-6-17(31)7-3-13)22-18-12-16(30)5-9-21(18)37-26(35)28(22,27)24(33)19-11-14-10-15(29)4-8-20(14)36-25(19)34/h2-12,22H,1H3/t22-,27-,28-/m0/s1. The molecule has 0 radical (unpaired) electrons. The van der Waals surface area contributed by atoms with E-state index in [1.807, 2.05) is 0 Å². The average Bonchev–Trinajstić information content (AvgIpc) is 3.47. The minimum absolute atomic E-state index is 0.129. The highest BCUT2D eigenvalue weighted by Gasteiger charge is 2.87. The van der Waals surface area contributed by atoms with E-state index in [0.29, 0.717) is 19.9 Å². The smallest absolute Gasteiger partial charge is 0.347 e. The molecular weight excluding hydrogens is 611 g/mol. The van der Waals surface area contributed by atoms with Gasteiger partial charge in [-0.25, -0.2) is 9.18 Å². The van der Waals surface area contributed by atoms with Gasteiger partial charge in [-0.2, -0.15) is 0 Å². The zero-order valence-electron chi connectivity index (χ0n) is 19.0. The number of hydrogen-bond donors (Lipinski definition) is 0. The van der Waals surface area contributed by atoms with E-state index in [-0.39, 0.29) is 22.5 Å². The molecule has 184 valence electrons. The predicted octanol–water partition coefficient (Wildman–Crippen LogP) is 6.23. The first-order valence-electron chi connectivity index (χ1n) is 11.2. The van der Waals surface area contributed by atoms with E-state index in [2.05, 4.69) is 31.9 Å². The monoisotopic (exact) mass is 624 g/mol. The molecule has 1 fully saturated rings. The van der Waals surface area contributed by atoms with E-state index in [1.165, 1.54) is 25.1 Å². The summed E-state index contributed by atoms with van der Waals surface area (Å²) in [5.41, 5.74) is -4.03. The van der Waals surface area contributed by atoms with Crippen molar-refractivity contribution in [3.05, 3.63) is 109 Å². The van der Waals surface area contributed by atoms with E-state index in [1.54, 1.807) is 36.4 Å². The topological polar surface area (TPSA) is 90.7 Å². The minimum atomic E-state index is -2.01. The average molecular weight is 626 g/mol. The number of ketones is 2. The number of carbonyl (C=O) groups excluding carboxylic acids is 3. The largest absolute Gasteiger partial charge is 0.425 e. The molecule has 0 N–H and O–H groups in total. The van der Waals surface area contributed by atoms with Gasteiger partial charge in [0.1, 0.15) is 22.7 Å². The fourth-order valence-corrected chi connectivity index (χ4v) is 6.40. The molecule has 3 aromatic carbocycles. The third kappa shape index (κ3) is 3.20. The Labute approximate surface area is 225 Å². The summed E-state index contributed by atoms with van der Waals surface area (Å²) in [6, 6.07) is 16.1. The second kappa shape index (κ2) is 8.03. The van der Waals surface area contributed by atoms with Crippen LogP contribution in [0.4, 0.5) is 4.39 Å². The van der Waals surface area contributed by atoms with Crippen LogP contribution in [0, 0.1) is 16.6 Å². The summed E-state index contributed by atoms with van der Waals surface area (Å²) in [5.74, 6) is -3.55. The molecule has 6 nitrogen and oxygen atoms in total. The van der Waals surface area contributed by atoms with Crippen molar-refractivity contribution in [2.45, 2.75) is 12.8 Å². The third-order valence-electron chi connectivity index (χ3n) is 7.43. The van der Waals surface area contributed by atoms with Crippen LogP contribution in [0.5, 0.6) is 5.75 Å². The van der Waals surface area contributed by atoms with Gasteiger partial charge >= 0.3 is 11.6 Å². The molecule has 0 saturated heterocycles. The second-order valence-electron chi connectivity index (χ2n) is 9.31. The van der Waals surface area contributed by atoms with Gasteiger partial charge in [0.15, 0.2) is 17.0 Å². The van der Waals surface area contributed by atoms with E-state index in [0.717, 1.165) is 12.1 Å². The van der Waals surface area contributed by atoms with Gasteiger partial charge in [0.25, 0.3) is 0 Å². The maximum absolute atomic E-state index is 14.2. The van der Waals surface area contributed by atoms with Crippen LogP contribution in [0.1, 0.15) is 39.1 Å². The molecule has 0 spiro atoms. The lowest BCUT2D eigenvalue weighted by atomic mass is 9.82. The van der Waals surface area contributed by atoms with Gasteiger partial charge in [-0.3, -0.25) is 14.4 Å². The van der Waals surface area contributed by atoms with E-state index >= 15 is 0 Å². The third-order valence-corrected chi connectivity index (χ3v) is 8.42. The van der Waals surface area contributed by atoms with Crippen LogP contribution in [0.2, 0.25) is 0 Å². The lowest BCUT2D eigenvalue weighted by Crippen LogP contribution is -2.40. The van der Waals surface area contributed by atoms with Gasteiger partial charge in [-0.1, -0.05) is 38.8 Å². The van der Waals surface area contributed by atoms with Crippen molar-refractivity contribution in [3.8, 4) is 5.75 Å². The Bertz CT molecular complexity index is 1740. The summed E-state index contributed by atoms with van der Waals surface area (Å²) < 4.78 is 25.9. The number of rotatable bonds is 4. The lowest BCUT2D eigenvalue weighted by molar-refractivity contribution is -0.140. The molecule has 37 heavy (non-hydrogen) atoms. The molecule has 0 unspecified atom stereocenters. The molecule has 0 bridgehead atoms. The Morgan fingerprint density at radius 3 is 2.30 bits per heavy atom. The predicted molar refractivity (Wildman–Crippen MR) is 138 cm³/mol. The summed E-state index contributed by atoms with van der Waals surface area (Å²) >= 11 is 6.76. The van der Waals surface area contributed by atoms with Gasteiger partial charge in [0.05, 0.1) is 5.41 Å². The zero-order valence-corrected chi connectivity index (χ0v) is 22.2. The van der Waals surface area contributed by atoms with Gasteiger partial charge in [0.2, 0.25) is 0 Å². The molecule has 3 atom stereocenters. The molecule has 4 aromatic rings. The molecule has 1 aliphatic carbocycles. The Morgan fingerprint density at radius 2 is 1.57 bits per heavy atom. The summed E-state index contributed by atoms with van der Waals surface area (Å²) in [7, 11) is 0. The number of esters is 1. The maximum atomic E-state index is 14.2. The number of ether oxygens (including phenoxy) is 1. The quantitative estimate of drug-likeness (QED) is 0.0878. The first-order valence-corrected chi connectivity index (χ1v) is 12.8. The molecule has 0 amide bonds. The van der Waals surface area contributed by atoms with Crippen LogP contribution in [0.25, 0.3) is 11.0 Å². The van der Waals surface area contributed by atoms with Crippen molar-refractivity contribution in [2.24, 2.45) is 10.8 Å². The van der Waals surface area contributed by atoms with Gasteiger partial charge in [0, 0.05) is 31.4 Å². The Morgan fingerprint density at radius 1 is 0.892 bits per heavy atom. The molecule has 1 aromatic heterocycles. The number of carbonyl (C=O) groups is 3. The number of Topliss-reactive ketones (excluding diaryl/α,β-unsaturated/α-hetero) is 2. The molecule has 6 rings (SSSR count). The molecular formula is C28H15Br2FO6. The Balaban J connectivity index is 1.59. The molecule has 9 heteroatoms. The van der Waals surface area contributed by atoms with Crippen LogP contribution >= 0.6 is 31.9 Å². The van der Waals surface area contributed by atoms with Crippen molar-refractivity contribution in [1.82, 2.24) is 0 Å². The molecule has 1 saturated carbocycles. The fraction of sp³-hybridized carbons (Fsp3) is 0.143. The maximum Gasteiger partial charge on any atom is 0.347 e. The summed E-state index contributed by atoms with van der Waals surface area (Å²) in [5, 5.41) is 0.463. The number of benzene rings is 3. The van der Waals surface area contributed by atoms with Crippen LogP contribution in [-0.4, -0.2) is 17.5 Å². The van der Waals surface area contributed by atoms with Crippen LogP contribution in [0.3, 0.4) is 0 Å². The van der Waals surface area contributed by atoms with E-state index in [4.69, 9.17) is 9.15 Å². The SMILES string of the molecule is C[C@@]1(C(=O)c2ccc(F)cc2)[C@@H]2c3cc(Br)ccc3OC(=O)[C@@]21C(=O)c1cc2cc(Br)ccc2oc1=O. The minimum Gasteiger partial charge on any atom is -0.425 e. The van der Waals surface area contributed by atoms with Crippen molar-refractivity contribution in [1.29, 1.82) is 0 Å². The van der Waals surface area contributed by atoms with Gasteiger partial charge < -0.3 is 9.15 Å². The fourth-order valence-electron chi connectivity index (χ4n) is 5.65. The first-order chi connectivity index (χ1) is 17.6. The van der Waals surface area contributed by atoms with Crippen LogP contribution in [-0.2, 0) is 4.79 Å². The number of fused-ring (bicyclic) bond motifs is 4. The number of halogens is 3. The van der Waals surface area contributed by atoms with E-state index < -0.39 is 45.7 Å². The van der Waals surface area contributed by atoms with Gasteiger partial charge in [-0.05, 0) is 66.7 Å². The Hall–Kier alpha value is -3.43.